The lowest BCUT2D eigenvalue weighted by Crippen LogP contribution is -2.31. The van der Waals surface area contributed by atoms with Gasteiger partial charge in [0.2, 0.25) is 0 Å². The molecule has 0 spiro atoms. The molecule has 0 bridgehead atoms. The maximum atomic E-state index is 12.6. The third kappa shape index (κ3) is 3.82. The fraction of sp³-hybridized carbons (Fsp3) is 0.562. The molecule has 0 saturated heterocycles. The Morgan fingerprint density at radius 1 is 1.29 bits per heavy atom. The van der Waals surface area contributed by atoms with E-state index in [9.17, 15) is 4.79 Å². The highest BCUT2D eigenvalue weighted by Crippen LogP contribution is 2.38. The summed E-state index contributed by atoms with van der Waals surface area (Å²) in [6.45, 7) is 6.70. The quantitative estimate of drug-likeness (QED) is 0.831. The Balaban J connectivity index is 2.25. The van der Waals surface area contributed by atoms with E-state index in [4.69, 9.17) is 21.1 Å². The molecule has 5 heteroatoms. The van der Waals surface area contributed by atoms with Crippen LogP contribution in [0.2, 0.25) is 5.02 Å². The van der Waals surface area contributed by atoms with E-state index in [2.05, 4.69) is 6.92 Å². The van der Waals surface area contributed by atoms with Gasteiger partial charge in [-0.3, -0.25) is 4.79 Å². The van der Waals surface area contributed by atoms with Crippen LogP contribution in [-0.4, -0.2) is 37.1 Å². The first-order valence-electron chi connectivity index (χ1n) is 7.55. The number of ether oxygens (including phenoxy) is 2. The van der Waals surface area contributed by atoms with E-state index in [-0.39, 0.29) is 5.91 Å². The van der Waals surface area contributed by atoms with Gasteiger partial charge in [0.25, 0.3) is 5.91 Å². The van der Waals surface area contributed by atoms with Crippen LogP contribution in [0.15, 0.2) is 12.1 Å². The van der Waals surface area contributed by atoms with Crippen LogP contribution in [0.3, 0.4) is 0 Å². The molecule has 1 aliphatic heterocycles. The van der Waals surface area contributed by atoms with Crippen molar-refractivity contribution in [2.24, 2.45) is 0 Å². The van der Waals surface area contributed by atoms with Crippen LogP contribution in [0.5, 0.6) is 11.5 Å². The Bertz CT molecular complexity index is 505. The molecule has 0 aliphatic carbocycles. The maximum absolute atomic E-state index is 12.6. The van der Waals surface area contributed by atoms with Crippen molar-refractivity contribution in [2.75, 3.05) is 26.3 Å². The van der Waals surface area contributed by atoms with Gasteiger partial charge in [0, 0.05) is 25.1 Å². The summed E-state index contributed by atoms with van der Waals surface area (Å²) >= 11 is 6.24. The van der Waals surface area contributed by atoms with Gasteiger partial charge in [-0.15, -0.1) is 0 Å². The fourth-order valence-corrected chi connectivity index (χ4v) is 2.55. The predicted octanol–water partition coefficient (Wildman–Crippen LogP) is 3.76. The summed E-state index contributed by atoms with van der Waals surface area (Å²) < 4.78 is 11.2. The smallest absolute Gasteiger partial charge is 0.254 e. The molecule has 1 aromatic rings. The molecule has 0 atom stereocenters. The highest BCUT2D eigenvalue weighted by molar-refractivity contribution is 6.32. The van der Waals surface area contributed by atoms with E-state index in [1.165, 1.54) is 0 Å². The van der Waals surface area contributed by atoms with Crippen molar-refractivity contribution in [1.29, 1.82) is 0 Å². The third-order valence-corrected chi connectivity index (χ3v) is 3.78. The molecule has 1 aromatic carbocycles. The zero-order chi connectivity index (χ0) is 15.2. The largest absolute Gasteiger partial charge is 0.489 e. The number of nitrogens with zero attached hydrogens (tertiary/aromatic N) is 1. The second-order valence-corrected chi connectivity index (χ2v) is 5.48. The summed E-state index contributed by atoms with van der Waals surface area (Å²) in [7, 11) is 0. The minimum Gasteiger partial charge on any atom is -0.489 e. The SMILES string of the molecule is CCCCN(CC)C(=O)c1cc(Cl)c2c(c1)OCCCO2. The van der Waals surface area contributed by atoms with Gasteiger partial charge in [-0.25, -0.2) is 0 Å². The molecule has 0 N–H and O–H groups in total. The number of fused-ring (bicyclic) bond motifs is 1. The molecule has 0 fully saturated rings. The van der Waals surface area contributed by atoms with Gasteiger partial charge in [-0.2, -0.15) is 0 Å². The van der Waals surface area contributed by atoms with Gasteiger partial charge in [-0.05, 0) is 25.5 Å². The van der Waals surface area contributed by atoms with E-state index in [0.29, 0.717) is 41.8 Å². The standard InChI is InChI=1S/C16H22ClNO3/c1-3-5-7-18(4-2)16(19)12-10-13(17)15-14(11-12)20-8-6-9-21-15/h10-11H,3-9H2,1-2H3. The summed E-state index contributed by atoms with van der Waals surface area (Å²) in [4.78, 5) is 14.4. The van der Waals surface area contributed by atoms with Gasteiger partial charge in [-0.1, -0.05) is 24.9 Å². The highest BCUT2D eigenvalue weighted by atomic mass is 35.5. The Labute approximate surface area is 131 Å². The zero-order valence-corrected chi connectivity index (χ0v) is 13.4. The van der Waals surface area contributed by atoms with Crippen molar-refractivity contribution in [2.45, 2.75) is 33.1 Å². The van der Waals surface area contributed by atoms with Crippen LogP contribution in [-0.2, 0) is 0 Å². The Kier molecular flexibility index (Phi) is 5.74. The predicted molar refractivity (Wildman–Crippen MR) is 83.5 cm³/mol. The molecule has 1 amide bonds. The van der Waals surface area contributed by atoms with Gasteiger partial charge < -0.3 is 14.4 Å². The second-order valence-electron chi connectivity index (χ2n) is 5.07. The molecule has 0 aromatic heterocycles. The first-order valence-corrected chi connectivity index (χ1v) is 7.93. The molecule has 116 valence electrons. The number of benzene rings is 1. The monoisotopic (exact) mass is 311 g/mol. The molecule has 4 nitrogen and oxygen atoms in total. The summed E-state index contributed by atoms with van der Waals surface area (Å²) in [5.74, 6) is 1.10. The third-order valence-electron chi connectivity index (χ3n) is 3.50. The van der Waals surface area contributed by atoms with E-state index in [0.717, 1.165) is 25.8 Å². The maximum Gasteiger partial charge on any atom is 0.254 e. The number of hydrogen-bond donors (Lipinski definition) is 0. The van der Waals surface area contributed by atoms with Crippen molar-refractivity contribution in [3.63, 3.8) is 0 Å². The van der Waals surface area contributed by atoms with Gasteiger partial charge in [0.1, 0.15) is 0 Å². The zero-order valence-electron chi connectivity index (χ0n) is 12.7. The second kappa shape index (κ2) is 7.55. The Morgan fingerprint density at radius 2 is 2.05 bits per heavy atom. The Hall–Kier alpha value is -1.42. The number of amides is 1. The van der Waals surface area contributed by atoms with Crippen LogP contribution in [0, 0.1) is 0 Å². The van der Waals surface area contributed by atoms with Crippen molar-refractivity contribution in [3.05, 3.63) is 22.7 Å². The average molecular weight is 312 g/mol. The van der Waals surface area contributed by atoms with Crippen molar-refractivity contribution in [3.8, 4) is 11.5 Å². The van der Waals surface area contributed by atoms with Gasteiger partial charge in [0.05, 0.1) is 18.2 Å². The average Bonchev–Trinajstić information content (AvgIpc) is 2.73. The minimum atomic E-state index is -0.0107. The van der Waals surface area contributed by atoms with Crippen molar-refractivity contribution >= 4 is 17.5 Å². The molecular weight excluding hydrogens is 290 g/mol. The van der Waals surface area contributed by atoms with E-state index in [1.54, 1.807) is 12.1 Å². The molecule has 2 rings (SSSR count). The molecule has 1 heterocycles. The van der Waals surface area contributed by atoms with Gasteiger partial charge >= 0.3 is 0 Å². The van der Waals surface area contributed by atoms with Crippen LogP contribution in [0.25, 0.3) is 0 Å². The van der Waals surface area contributed by atoms with E-state index >= 15 is 0 Å². The summed E-state index contributed by atoms with van der Waals surface area (Å²) in [5, 5.41) is 0.435. The lowest BCUT2D eigenvalue weighted by molar-refractivity contribution is 0.0762. The number of halogens is 1. The molecular formula is C16H22ClNO3. The Morgan fingerprint density at radius 3 is 2.76 bits per heavy atom. The summed E-state index contributed by atoms with van der Waals surface area (Å²) in [6, 6.07) is 3.41. The van der Waals surface area contributed by atoms with Crippen molar-refractivity contribution < 1.29 is 14.3 Å². The van der Waals surface area contributed by atoms with E-state index in [1.807, 2.05) is 11.8 Å². The van der Waals surface area contributed by atoms with Crippen LogP contribution >= 0.6 is 11.6 Å². The molecule has 1 aliphatic rings. The first kappa shape index (κ1) is 16.0. The van der Waals surface area contributed by atoms with Crippen LogP contribution in [0.4, 0.5) is 0 Å². The number of unbranched alkanes of at least 4 members (excludes halogenated alkanes) is 1. The normalized spacial score (nSPS) is 13.7. The number of rotatable bonds is 5. The minimum absolute atomic E-state index is 0.0107. The van der Waals surface area contributed by atoms with Crippen LogP contribution in [0.1, 0.15) is 43.5 Å². The van der Waals surface area contributed by atoms with Crippen LogP contribution < -0.4 is 9.47 Å². The summed E-state index contributed by atoms with van der Waals surface area (Å²) in [6.07, 6.45) is 2.87. The molecule has 21 heavy (non-hydrogen) atoms. The number of carbonyl (C=O) groups is 1. The number of hydrogen-bond acceptors (Lipinski definition) is 3. The van der Waals surface area contributed by atoms with Gasteiger partial charge in [0.15, 0.2) is 11.5 Å². The van der Waals surface area contributed by atoms with E-state index < -0.39 is 0 Å². The van der Waals surface area contributed by atoms with Crippen molar-refractivity contribution in [1.82, 2.24) is 4.90 Å². The lowest BCUT2D eigenvalue weighted by atomic mass is 10.1. The lowest BCUT2D eigenvalue weighted by Gasteiger charge is -2.21. The molecule has 0 saturated carbocycles. The molecule has 0 unspecified atom stereocenters. The number of carbonyl (C=O) groups excluding carboxylic acids is 1. The molecule has 0 radical (unpaired) electrons. The fourth-order valence-electron chi connectivity index (χ4n) is 2.29. The highest BCUT2D eigenvalue weighted by Gasteiger charge is 2.20. The summed E-state index contributed by atoms with van der Waals surface area (Å²) in [5.41, 5.74) is 0.558. The first-order chi connectivity index (χ1) is 10.2. The topological polar surface area (TPSA) is 38.8 Å².